The fourth-order valence-corrected chi connectivity index (χ4v) is 10.0. The molecule has 1 N–H and O–H groups in total. The molecule has 0 unspecified atom stereocenters. The van der Waals surface area contributed by atoms with E-state index >= 15 is 0 Å². The number of carbonyl (C=O) groups excluding carboxylic acids is 2. The normalized spacial score (nSPS) is 24.8. The van der Waals surface area contributed by atoms with Crippen molar-refractivity contribution in [1.29, 1.82) is 0 Å². The van der Waals surface area contributed by atoms with E-state index in [9.17, 15) is 9.59 Å². The Morgan fingerprint density at radius 2 is 1.49 bits per heavy atom. The Morgan fingerprint density at radius 1 is 0.776 bits per heavy atom. The highest BCUT2D eigenvalue weighted by molar-refractivity contribution is 5.95. The smallest absolute Gasteiger partial charge is 0.244 e. The fraction of sp³-hybridized carbons (Fsp3) is 0.512. The van der Waals surface area contributed by atoms with Gasteiger partial charge < -0.3 is 10.2 Å². The van der Waals surface area contributed by atoms with Gasteiger partial charge in [-0.2, -0.15) is 5.10 Å². The highest BCUT2D eigenvalue weighted by atomic mass is 16.2. The number of hydrogen-bond acceptors (Lipinski definition) is 5. The molecule has 0 atom stereocenters. The summed E-state index contributed by atoms with van der Waals surface area (Å²) in [5.41, 5.74) is 4.65. The van der Waals surface area contributed by atoms with Gasteiger partial charge in [-0.1, -0.05) is 55.0 Å². The summed E-state index contributed by atoms with van der Waals surface area (Å²) in [6.45, 7) is 5.47. The van der Waals surface area contributed by atoms with Gasteiger partial charge in [-0.15, -0.1) is 0 Å². The third kappa shape index (κ3) is 7.30. The van der Waals surface area contributed by atoms with Gasteiger partial charge in [0.05, 0.1) is 6.20 Å². The molecule has 4 bridgehead atoms. The van der Waals surface area contributed by atoms with Gasteiger partial charge in [-0.05, 0) is 97.6 Å². The van der Waals surface area contributed by atoms with Crippen LogP contribution in [0, 0.1) is 23.2 Å². The molecule has 2 amide bonds. The second-order valence-corrected chi connectivity index (χ2v) is 15.6. The fourth-order valence-electron chi connectivity index (χ4n) is 10.0. The molecule has 2 aromatic heterocycles. The quantitative estimate of drug-likeness (QED) is 0.169. The number of amides is 2. The minimum absolute atomic E-state index is 0.123. The number of hydrogen-bond donors (Lipinski definition) is 1. The molecular formula is C41H50N6O2. The molecule has 3 heterocycles. The standard InChI is InChI=1S/C41H50N6O2/c48-39(24-41-21-30-18-31(22-41)20-32(19-30)23-41)43-12-4-1-5-13-45-14-16-46(17-15-45)40(49)29-47-28-36(26-44-47)33-8-10-34(11-9-33)38-27-42-25-35-6-2-3-7-37(35)38/h2-3,6-11,25-28,30-32H,1,4-5,12-24,29H2,(H,43,48). The predicted molar refractivity (Wildman–Crippen MR) is 194 cm³/mol. The number of aromatic nitrogens is 3. The van der Waals surface area contributed by atoms with Crippen molar-refractivity contribution in [3.8, 4) is 22.3 Å². The van der Waals surface area contributed by atoms with Crippen LogP contribution in [-0.4, -0.2) is 75.6 Å². The van der Waals surface area contributed by atoms with E-state index in [4.69, 9.17) is 0 Å². The number of nitrogens with zero attached hydrogens (tertiary/aromatic N) is 5. The third-order valence-electron chi connectivity index (χ3n) is 12.0. The van der Waals surface area contributed by atoms with Crippen LogP contribution in [0.2, 0.25) is 0 Å². The maximum Gasteiger partial charge on any atom is 0.244 e. The molecule has 9 rings (SSSR count). The molecule has 4 aromatic rings. The Kier molecular flexibility index (Phi) is 9.23. The lowest BCUT2D eigenvalue weighted by Gasteiger charge is -2.56. The Balaban J connectivity index is 0.728. The van der Waals surface area contributed by atoms with E-state index in [1.807, 2.05) is 35.8 Å². The molecule has 0 radical (unpaired) electrons. The number of benzene rings is 2. The Hall–Kier alpha value is -4.04. The molecule has 256 valence electrons. The van der Waals surface area contributed by atoms with E-state index in [-0.39, 0.29) is 12.5 Å². The first-order valence-electron chi connectivity index (χ1n) is 18.7. The van der Waals surface area contributed by atoms with Crippen LogP contribution < -0.4 is 5.32 Å². The summed E-state index contributed by atoms with van der Waals surface area (Å²) in [6, 6.07) is 16.8. The van der Waals surface area contributed by atoms with Crippen LogP contribution in [0.25, 0.3) is 33.0 Å². The van der Waals surface area contributed by atoms with Crippen molar-refractivity contribution in [1.82, 2.24) is 29.9 Å². The Labute approximate surface area is 290 Å². The number of rotatable bonds is 12. The number of carbonyl (C=O) groups is 2. The molecule has 8 nitrogen and oxygen atoms in total. The van der Waals surface area contributed by atoms with Crippen molar-refractivity contribution in [2.24, 2.45) is 23.2 Å². The topological polar surface area (TPSA) is 83.4 Å². The molecule has 1 saturated heterocycles. The van der Waals surface area contributed by atoms with E-state index in [1.54, 1.807) is 4.68 Å². The van der Waals surface area contributed by atoms with Gasteiger partial charge in [0.25, 0.3) is 0 Å². The minimum Gasteiger partial charge on any atom is -0.356 e. The van der Waals surface area contributed by atoms with Crippen molar-refractivity contribution in [3.63, 3.8) is 0 Å². The van der Waals surface area contributed by atoms with Crippen LogP contribution in [0.4, 0.5) is 0 Å². The van der Waals surface area contributed by atoms with Crippen molar-refractivity contribution >= 4 is 22.6 Å². The maximum absolute atomic E-state index is 13.1. The molecule has 4 aliphatic carbocycles. The first-order chi connectivity index (χ1) is 24.0. The second-order valence-electron chi connectivity index (χ2n) is 15.6. The first-order valence-corrected chi connectivity index (χ1v) is 18.7. The predicted octanol–water partition coefficient (Wildman–Crippen LogP) is 6.80. The highest BCUT2D eigenvalue weighted by Crippen LogP contribution is 2.61. The summed E-state index contributed by atoms with van der Waals surface area (Å²) >= 11 is 0. The average Bonchev–Trinajstić information content (AvgIpc) is 3.57. The summed E-state index contributed by atoms with van der Waals surface area (Å²) in [5, 5.41) is 10.1. The molecule has 4 saturated carbocycles. The van der Waals surface area contributed by atoms with Gasteiger partial charge in [0.2, 0.25) is 11.8 Å². The van der Waals surface area contributed by atoms with Gasteiger partial charge in [0.1, 0.15) is 6.54 Å². The first kappa shape index (κ1) is 32.2. The third-order valence-corrected chi connectivity index (χ3v) is 12.0. The summed E-state index contributed by atoms with van der Waals surface area (Å²) < 4.78 is 1.76. The van der Waals surface area contributed by atoms with Crippen LogP contribution in [0.1, 0.15) is 64.2 Å². The maximum atomic E-state index is 13.1. The summed E-state index contributed by atoms with van der Waals surface area (Å²) in [6.07, 6.45) is 19.9. The lowest BCUT2D eigenvalue weighted by atomic mass is 9.49. The Morgan fingerprint density at radius 3 is 2.24 bits per heavy atom. The van der Waals surface area contributed by atoms with Gasteiger partial charge in [-0.3, -0.25) is 24.2 Å². The number of unbranched alkanes of at least 4 members (excludes halogenated alkanes) is 2. The van der Waals surface area contributed by atoms with Crippen LogP contribution in [0.5, 0.6) is 0 Å². The molecule has 49 heavy (non-hydrogen) atoms. The van der Waals surface area contributed by atoms with Crippen LogP contribution >= 0.6 is 0 Å². The van der Waals surface area contributed by atoms with E-state index in [1.165, 1.54) is 43.9 Å². The van der Waals surface area contributed by atoms with Crippen molar-refractivity contribution in [2.45, 2.75) is 70.8 Å². The largest absolute Gasteiger partial charge is 0.356 e. The van der Waals surface area contributed by atoms with E-state index in [2.05, 4.69) is 62.8 Å². The summed E-state index contributed by atoms with van der Waals surface area (Å²) in [5.74, 6) is 3.12. The molecule has 2 aromatic carbocycles. The van der Waals surface area contributed by atoms with Crippen molar-refractivity contribution < 1.29 is 9.59 Å². The van der Waals surface area contributed by atoms with Gasteiger partial charge >= 0.3 is 0 Å². The minimum atomic E-state index is 0.123. The lowest BCUT2D eigenvalue weighted by Crippen LogP contribution is -2.49. The lowest BCUT2D eigenvalue weighted by molar-refractivity contribution is -0.134. The zero-order valence-electron chi connectivity index (χ0n) is 28.7. The number of pyridine rings is 1. The van der Waals surface area contributed by atoms with Crippen LogP contribution in [-0.2, 0) is 16.1 Å². The average molecular weight is 659 g/mol. The van der Waals surface area contributed by atoms with Gasteiger partial charge in [-0.25, -0.2) is 0 Å². The van der Waals surface area contributed by atoms with Crippen LogP contribution in [0.15, 0.2) is 73.3 Å². The van der Waals surface area contributed by atoms with Crippen molar-refractivity contribution in [3.05, 3.63) is 73.3 Å². The van der Waals surface area contributed by atoms with E-state index < -0.39 is 0 Å². The molecule has 8 heteroatoms. The molecule has 1 aliphatic heterocycles. The number of fused-ring (bicyclic) bond motifs is 1. The summed E-state index contributed by atoms with van der Waals surface area (Å²) in [7, 11) is 0. The second kappa shape index (κ2) is 14.1. The molecular weight excluding hydrogens is 608 g/mol. The van der Waals surface area contributed by atoms with Crippen molar-refractivity contribution in [2.75, 3.05) is 39.3 Å². The van der Waals surface area contributed by atoms with Gasteiger partial charge in [0.15, 0.2) is 0 Å². The monoisotopic (exact) mass is 658 g/mol. The Bertz CT molecular complexity index is 1730. The van der Waals surface area contributed by atoms with Crippen LogP contribution in [0.3, 0.4) is 0 Å². The highest BCUT2D eigenvalue weighted by Gasteiger charge is 2.51. The zero-order chi connectivity index (χ0) is 33.2. The zero-order valence-corrected chi connectivity index (χ0v) is 28.7. The summed E-state index contributed by atoms with van der Waals surface area (Å²) in [4.78, 5) is 34.8. The SMILES string of the molecule is O=C(CC12CC3CC(CC(C3)C1)C2)NCCCCCN1CCN(C(=O)Cn2cc(-c3ccc(-c4cncc5ccccc45)cc3)cn2)CC1. The number of nitrogens with one attached hydrogen (secondary N) is 1. The molecule has 5 aliphatic rings. The molecule has 5 fully saturated rings. The molecule has 0 spiro atoms. The van der Waals surface area contributed by atoms with Gasteiger partial charge in [0, 0.05) is 74.2 Å². The van der Waals surface area contributed by atoms with E-state index in [0.29, 0.717) is 11.3 Å². The van der Waals surface area contributed by atoms with E-state index in [0.717, 1.165) is 110 Å². The number of piperazine rings is 1.